The van der Waals surface area contributed by atoms with Crippen LogP contribution in [-0.2, 0) is 3.22 Å². The van der Waals surface area contributed by atoms with Crippen LogP contribution in [0.5, 0.6) is 0 Å². The zero-order valence-corrected chi connectivity index (χ0v) is 8.00. The standard InChI is InChI=1S/C6H4IN3O2/c7-11-12-10-6-4-2-1-3-5(6)8-9-10/h1-4H. The number of para-hydroxylation sites is 1. The van der Waals surface area contributed by atoms with Gasteiger partial charge in [0, 0.05) is 0 Å². The lowest BCUT2D eigenvalue weighted by atomic mass is 10.3. The predicted molar refractivity (Wildman–Crippen MR) is 49.2 cm³/mol. The first-order valence-corrected chi connectivity index (χ1v) is 4.06. The van der Waals surface area contributed by atoms with Crippen molar-refractivity contribution in [3.63, 3.8) is 0 Å². The number of halogens is 1. The maximum absolute atomic E-state index is 4.69. The molecule has 62 valence electrons. The molecule has 1 aromatic carbocycles. The molecule has 1 aromatic heterocycles. The minimum Gasteiger partial charge on any atom is -0.209 e. The van der Waals surface area contributed by atoms with E-state index >= 15 is 0 Å². The van der Waals surface area contributed by atoms with Crippen LogP contribution in [0.2, 0.25) is 0 Å². The Bertz CT molecular complexity index is 389. The summed E-state index contributed by atoms with van der Waals surface area (Å²) in [7, 11) is 0. The van der Waals surface area contributed by atoms with Gasteiger partial charge in [-0.1, -0.05) is 15.3 Å². The molecular weight excluding hydrogens is 273 g/mol. The van der Waals surface area contributed by atoms with Crippen LogP contribution in [0.4, 0.5) is 0 Å². The summed E-state index contributed by atoms with van der Waals surface area (Å²) in [5.74, 6) is 0. The summed E-state index contributed by atoms with van der Waals surface area (Å²) in [4.78, 5) is 5.90. The van der Waals surface area contributed by atoms with Gasteiger partial charge in [0.15, 0.2) is 23.0 Å². The van der Waals surface area contributed by atoms with Crippen LogP contribution >= 0.6 is 23.0 Å². The van der Waals surface area contributed by atoms with Crippen LogP contribution in [0.3, 0.4) is 0 Å². The molecular formula is C6H4IN3O2. The second-order valence-corrected chi connectivity index (χ2v) is 2.45. The van der Waals surface area contributed by atoms with E-state index in [1.165, 1.54) is 4.85 Å². The van der Waals surface area contributed by atoms with E-state index < -0.39 is 0 Å². The fourth-order valence-corrected chi connectivity index (χ4v) is 1.08. The largest absolute Gasteiger partial charge is 0.209 e. The van der Waals surface area contributed by atoms with E-state index in [0.29, 0.717) is 0 Å². The Labute approximate surface area is 81.8 Å². The molecule has 0 aliphatic carbocycles. The first-order valence-electron chi connectivity index (χ1n) is 3.18. The number of hydrogen-bond acceptors (Lipinski definition) is 4. The van der Waals surface area contributed by atoms with Gasteiger partial charge in [0.2, 0.25) is 0 Å². The lowest BCUT2D eigenvalue weighted by Crippen LogP contribution is -2.08. The highest BCUT2D eigenvalue weighted by atomic mass is 127. The third-order valence-corrected chi connectivity index (χ3v) is 1.58. The highest BCUT2D eigenvalue weighted by molar-refractivity contribution is 14.1. The Morgan fingerprint density at radius 2 is 2.17 bits per heavy atom. The molecule has 2 rings (SSSR count). The average Bonchev–Trinajstić information content (AvgIpc) is 2.50. The molecule has 0 amide bonds. The Kier molecular flexibility index (Phi) is 2.09. The van der Waals surface area contributed by atoms with Crippen LogP contribution in [0.25, 0.3) is 11.0 Å². The molecule has 0 spiro atoms. The monoisotopic (exact) mass is 277 g/mol. The molecule has 5 nitrogen and oxygen atoms in total. The van der Waals surface area contributed by atoms with Gasteiger partial charge in [-0.25, -0.2) is 4.99 Å². The van der Waals surface area contributed by atoms with E-state index in [4.69, 9.17) is 0 Å². The summed E-state index contributed by atoms with van der Waals surface area (Å²) >= 11 is 1.61. The van der Waals surface area contributed by atoms with Crippen LogP contribution < -0.4 is 4.99 Å². The number of rotatable bonds is 2. The van der Waals surface area contributed by atoms with E-state index in [1.807, 2.05) is 24.3 Å². The summed E-state index contributed by atoms with van der Waals surface area (Å²) in [6, 6.07) is 7.44. The Hall–Kier alpha value is -0.890. The molecule has 2 aromatic rings. The van der Waals surface area contributed by atoms with Crippen molar-refractivity contribution in [1.29, 1.82) is 0 Å². The fourth-order valence-electron chi connectivity index (χ4n) is 0.929. The second-order valence-electron chi connectivity index (χ2n) is 2.09. The molecule has 12 heavy (non-hydrogen) atoms. The first-order chi connectivity index (χ1) is 5.92. The van der Waals surface area contributed by atoms with Crippen molar-refractivity contribution >= 4 is 34.0 Å². The van der Waals surface area contributed by atoms with E-state index in [2.05, 4.69) is 18.5 Å². The zero-order valence-electron chi connectivity index (χ0n) is 5.85. The molecule has 0 aliphatic heterocycles. The van der Waals surface area contributed by atoms with Crippen LogP contribution in [-0.4, -0.2) is 15.2 Å². The Morgan fingerprint density at radius 3 is 3.00 bits per heavy atom. The topological polar surface area (TPSA) is 49.2 Å². The van der Waals surface area contributed by atoms with Gasteiger partial charge in [-0.15, -0.1) is 5.10 Å². The molecule has 0 radical (unpaired) electrons. The quantitative estimate of drug-likeness (QED) is 0.469. The normalized spacial score (nSPS) is 10.4. The third-order valence-electron chi connectivity index (χ3n) is 1.42. The fraction of sp³-hybridized carbons (Fsp3) is 0. The van der Waals surface area contributed by atoms with Gasteiger partial charge in [-0.2, -0.15) is 0 Å². The van der Waals surface area contributed by atoms with Crippen LogP contribution in [0.15, 0.2) is 24.3 Å². The Morgan fingerprint density at radius 1 is 1.33 bits per heavy atom. The van der Waals surface area contributed by atoms with Crippen molar-refractivity contribution in [2.24, 2.45) is 0 Å². The highest BCUT2D eigenvalue weighted by Gasteiger charge is 2.02. The molecule has 6 heteroatoms. The molecule has 0 fully saturated rings. The van der Waals surface area contributed by atoms with Crippen LogP contribution in [0, 0.1) is 0 Å². The lowest BCUT2D eigenvalue weighted by molar-refractivity contribution is -0.179. The van der Waals surface area contributed by atoms with E-state index in [-0.39, 0.29) is 0 Å². The van der Waals surface area contributed by atoms with Gasteiger partial charge < -0.3 is 0 Å². The van der Waals surface area contributed by atoms with Gasteiger partial charge in [0.05, 0.1) is 0 Å². The van der Waals surface area contributed by atoms with E-state index in [0.717, 1.165) is 11.0 Å². The van der Waals surface area contributed by atoms with Gasteiger partial charge in [0.25, 0.3) is 0 Å². The predicted octanol–water partition coefficient (Wildman–Crippen LogP) is 1.14. The molecule has 0 bridgehead atoms. The number of hydrogen-bond donors (Lipinski definition) is 0. The smallest absolute Gasteiger partial charge is 0.173 e. The molecule has 1 heterocycles. The lowest BCUT2D eigenvalue weighted by Gasteiger charge is -1.95. The zero-order chi connectivity index (χ0) is 8.39. The summed E-state index contributed by atoms with van der Waals surface area (Å²) in [5.41, 5.74) is 1.54. The number of nitrogens with zero attached hydrogens (tertiary/aromatic N) is 3. The van der Waals surface area contributed by atoms with Gasteiger partial charge in [-0.05, 0) is 22.2 Å². The van der Waals surface area contributed by atoms with Crippen molar-refractivity contribution in [1.82, 2.24) is 15.2 Å². The summed E-state index contributed by atoms with van der Waals surface area (Å²) in [5, 5.41) is 7.54. The minimum absolute atomic E-state index is 0.769. The molecule has 0 aliphatic rings. The molecule has 0 saturated carbocycles. The number of fused-ring (bicyclic) bond motifs is 1. The highest BCUT2D eigenvalue weighted by Crippen LogP contribution is 2.08. The first kappa shape index (κ1) is 7.74. The molecule has 0 N–H and O–H groups in total. The van der Waals surface area contributed by atoms with Crippen molar-refractivity contribution in [3.05, 3.63) is 24.3 Å². The van der Waals surface area contributed by atoms with E-state index in [9.17, 15) is 0 Å². The third kappa shape index (κ3) is 1.23. The molecule has 0 saturated heterocycles. The van der Waals surface area contributed by atoms with Crippen molar-refractivity contribution in [2.45, 2.75) is 0 Å². The minimum atomic E-state index is 0.769. The molecule has 0 atom stereocenters. The summed E-state index contributed by atoms with van der Waals surface area (Å²) < 4.78 is 4.42. The van der Waals surface area contributed by atoms with Gasteiger partial charge in [0.1, 0.15) is 11.0 Å². The SMILES string of the molecule is IOOn1nnc2ccccc21. The van der Waals surface area contributed by atoms with E-state index in [1.54, 1.807) is 23.0 Å². The maximum atomic E-state index is 4.69. The number of benzene rings is 1. The molecule has 0 unspecified atom stereocenters. The maximum Gasteiger partial charge on any atom is 0.173 e. The van der Waals surface area contributed by atoms with Gasteiger partial charge >= 0.3 is 0 Å². The summed E-state index contributed by atoms with van der Waals surface area (Å²) in [6.45, 7) is 0. The van der Waals surface area contributed by atoms with Crippen molar-refractivity contribution in [2.75, 3.05) is 0 Å². The number of aromatic nitrogens is 3. The Balaban J connectivity index is 2.55. The van der Waals surface area contributed by atoms with Crippen molar-refractivity contribution in [3.8, 4) is 0 Å². The summed E-state index contributed by atoms with van der Waals surface area (Å²) in [6.07, 6.45) is 0. The van der Waals surface area contributed by atoms with Crippen molar-refractivity contribution < 1.29 is 8.21 Å². The average molecular weight is 277 g/mol. The van der Waals surface area contributed by atoms with Gasteiger partial charge in [-0.3, -0.25) is 0 Å². The second kappa shape index (κ2) is 3.23. The van der Waals surface area contributed by atoms with Crippen LogP contribution in [0.1, 0.15) is 0 Å².